The summed E-state index contributed by atoms with van der Waals surface area (Å²) in [6, 6.07) is 12.6. The first-order valence-corrected chi connectivity index (χ1v) is 11.5. The molecule has 1 aliphatic heterocycles. The smallest absolute Gasteiger partial charge is 0.164 e. The lowest BCUT2D eigenvalue weighted by Crippen LogP contribution is -2.11. The molecule has 2 aromatic rings. The van der Waals surface area contributed by atoms with Crippen molar-refractivity contribution in [1.82, 2.24) is 0 Å². The molecule has 1 atom stereocenters. The van der Waals surface area contributed by atoms with Gasteiger partial charge in [-0.25, -0.2) is 8.78 Å². The maximum Gasteiger partial charge on any atom is 0.164 e. The van der Waals surface area contributed by atoms with Gasteiger partial charge in [0.2, 0.25) is 0 Å². The molecule has 4 rings (SSSR count). The molecule has 3 heteroatoms. The highest BCUT2D eigenvalue weighted by molar-refractivity contribution is 5.30. The second-order valence-corrected chi connectivity index (χ2v) is 8.83. The van der Waals surface area contributed by atoms with E-state index in [4.69, 9.17) is 4.74 Å². The molecule has 0 amide bonds. The number of epoxide rings is 1. The van der Waals surface area contributed by atoms with Crippen molar-refractivity contribution in [1.29, 1.82) is 0 Å². The Labute approximate surface area is 179 Å². The minimum absolute atomic E-state index is 0.252. The van der Waals surface area contributed by atoms with Gasteiger partial charge in [0.1, 0.15) is 6.10 Å². The van der Waals surface area contributed by atoms with Crippen LogP contribution < -0.4 is 0 Å². The first kappa shape index (κ1) is 21.2. The van der Waals surface area contributed by atoms with Gasteiger partial charge in [-0.15, -0.1) is 0 Å². The Balaban J connectivity index is 1.23. The average molecular weight is 411 g/mol. The standard InChI is InChI=1S/C27H32F2O/c1-2-5-19-8-12-21(13-9-19)22-14-10-20(11-15-22)6-3-4-7-23-16-17-24(25-18-30-25)27(29)26(23)28/h3,6,8-9,12-13,16-17,20,22,25H,2,4-5,7,10-11,14-15,18H2,1H3/b6-3+. The highest BCUT2D eigenvalue weighted by atomic mass is 19.2. The average Bonchev–Trinajstić information content (AvgIpc) is 3.61. The Kier molecular flexibility index (Phi) is 6.99. The monoisotopic (exact) mass is 410 g/mol. The predicted molar refractivity (Wildman–Crippen MR) is 118 cm³/mol. The zero-order chi connectivity index (χ0) is 20.9. The summed E-state index contributed by atoms with van der Waals surface area (Å²) in [7, 11) is 0. The van der Waals surface area contributed by atoms with Gasteiger partial charge in [-0.2, -0.15) is 0 Å². The van der Waals surface area contributed by atoms with Gasteiger partial charge in [-0.05, 0) is 73.5 Å². The number of rotatable bonds is 8. The van der Waals surface area contributed by atoms with Crippen molar-refractivity contribution in [3.63, 3.8) is 0 Å². The van der Waals surface area contributed by atoms with Gasteiger partial charge in [-0.1, -0.05) is 61.9 Å². The number of benzene rings is 2. The third kappa shape index (κ3) is 5.18. The largest absolute Gasteiger partial charge is 0.368 e. The van der Waals surface area contributed by atoms with Crippen LogP contribution in [0.15, 0.2) is 48.6 Å². The van der Waals surface area contributed by atoms with Crippen LogP contribution in [0.5, 0.6) is 0 Å². The van der Waals surface area contributed by atoms with Crippen LogP contribution in [0.2, 0.25) is 0 Å². The molecule has 0 aromatic heterocycles. The summed E-state index contributed by atoms with van der Waals surface area (Å²) in [5.41, 5.74) is 3.72. The molecule has 0 N–H and O–H groups in total. The van der Waals surface area contributed by atoms with Crippen molar-refractivity contribution in [2.24, 2.45) is 5.92 Å². The molecule has 0 radical (unpaired) electrons. The first-order valence-electron chi connectivity index (χ1n) is 11.5. The van der Waals surface area contributed by atoms with Gasteiger partial charge in [0.05, 0.1) is 6.61 Å². The van der Waals surface area contributed by atoms with Crippen molar-refractivity contribution in [2.75, 3.05) is 6.61 Å². The van der Waals surface area contributed by atoms with Crippen molar-refractivity contribution in [3.8, 4) is 0 Å². The molecule has 1 saturated heterocycles. The van der Waals surface area contributed by atoms with Crippen molar-refractivity contribution < 1.29 is 13.5 Å². The predicted octanol–water partition coefficient (Wildman–Crippen LogP) is 7.45. The lowest BCUT2D eigenvalue weighted by Gasteiger charge is -2.27. The Hall–Kier alpha value is -2.00. The quantitative estimate of drug-likeness (QED) is 0.325. The highest BCUT2D eigenvalue weighted by Crippen LogP contribution is 2.37. The van der Waals surface area contributed by atoms with Gasteiger partial charge >= 0.3 is 0 Å². The zero-order valence-corrected chi connectivity index (χ0v) is 17.9. The molecule has 0 spiro atoms. The van der Waals surface area contributed by atoms with Crippen molar-refractivity contribution in [3.05, 3.63) is 82.4 Å². The van der Waals surface area contributed by atoms with Gasteiger partial charge in [0.25, 0.3) is 0 Å². The number of aryl methyl sites for hydroxylation is 2. The maximum atomic E-state index is 14.2. The molecule has 2 aliphatic rings. The first-order chi connectivity index (χ1) is 14.7. The Morgan fingerprint density at radius 2 is 1.67 bits per heavy atom. The number of hydrogen-bond donors (Lipinski definition) is 0. The van der Waals surface area contributed by atoms with E-state index in [9.17, 15) is 8.78 Å². The fourth-order valence-corrected chi connectivity index (χ4v) is 4.69. The summed E-state index contributed by atoms with van der Waals surface area (Å²) in [6.45, 7) is 2.71. The Bertz CT molecular complexity index is 859. The van der Waals surface area contributed by atoms with E-state index in [1.165, 1.54) is 43.2 Å². The van der Waals surface area contributed by atoms with Crippen LogP contribution in [0.3, 0.4) is 0 Å². The number of ether oxygens (including phenoxy) is 1. The van der Waals surface area contributed by atoms with Crippen LogP contribution in [0.4, 0.5) is 8.78 Å². The van der Waals surface area contributed by atoms with E-state index in [2.05, 4.69) is 43.3 Å². The summed E-state index contributed by atoms with van der Waals surface area (Å²) < 4.78 is 33.4. The van der Waals surface area contributed by atoms with E-state index in [0.717, 1.165) is 12.8 Å². The molecule has 1 saturated carbocycles. The molecule has 1 heterocycles. The topological polar surface area (TPSA) is 12.5 Å². The second-order valence-electron chi connectivity index (χ2n) is 8.83. The number of hydrogen-bond acceptors (Lipinski definition) is 1. The normalized spacial score (nSPS) is 23.8. The highest BCUT2D eigenvalue weighted by Gasteiger charge is 2.29. The van der Waals surface area contributed by atoms with Crippen LogP contribution in [0, 0.1) is 17.6 Å². The fraction of sp³-hybridized carbons (Fsp3) is 0.481. The lowest BCUT2D eigenvalue weighted by molar-refractivity contribution is 0.375. The van der Waals surface area contributed by atoms with Gasteiger partial charge in [-0.3, -0.25) is 0 Å². The van der Waals surface area contributed by atoms with E-state index in [-0.39, 0.29) is 6.10 Å². The van der Waals surface area contributed by atoms with E-state index >= 15 is 0 Å². The van der Waals surface area contributed by atoms with E-state index < -0.39 is 11.6 Å². The van der Waals surface area contributed by atoms with Gasteiger partial charge < -0.3 is 4.74 Å². The van der Waals surface area contributed by atoms with Gasteiger partial charge in [0, 0.05) is 5.56 Å². The van der Waals surface area contributed by atoms with E-state index in [1.54, 1.807) is 12.1 Å². The summed E-state index contributed by atoms with van der Waals surface area (Å²) in [4.78, 5) is 0. The van der Waals surface area contributed by atoms with Gasteiger partial charge in [0.15, 0.2) is 11.6 Å². The molecule has 2 aromatic carbocycles. The summed E-state index contributed by atoms with van der Waals surface area (Å²) in [5, 5.41) is 0. The zero-order valence-electron chi connectivity index (χ0n) is 17.9. The number of allylic oxidation sites excluding steroid dienone is 2. The molecule has 30 heavy (non-hydrogen) atoms. The number of halogens is 2. The molecular formula is C27H32F2O. The molecule has 160 valence electrons. The minimum Gasteiger partial charge on any atom is -0.368 e. The lowest BCUT2D eigenvalue weighted by atomic mass is 9.78. The molecule has 0 bridgehead atoms. The minimum atomic E-state index is -0.736. The molecule has 1 unspecified atom stereocenters. The van der Waals surface area contributed by atoms with Crippen molar-refractivity contribution in [2.45, 2.75) is 70.3 Å². The third-order valence-corrected chi connectivity index (χ3v) is 6.62. The third-order valence-electron chi connectivity index (χ3n) is 6.62. The van der Waals surface area contributed by atoms with E-state index in [1.807, 2.05) is 0 Å². The second kappa shape index (κ2) is 9.87. The fourth-order valence-electron chi connectivity index (χ4n) is 4.69. The van der Waals surface area contributed by atoms with Crippen LogP contribution in [0.1, 0.15) is 79.7 Å². The van der Waals surface area contributed by atoms with E-state index in [0.29, 0.717) is 36.0 Å². The van der Waals surface area contributed by atoms with Crippen LogP contribution in [-0.2, 0) is 17.6 Å². The summed E-state index contributed by atoms with van der Waals surface area (Å²) in [5.74, 6) is -0.158. The molecular weight excluding hydrogens is 378 g/mol. The Morgan fingerprint density at radius 3 is 2.33 bits per heavy atom. The molecule has 2 fully saturated rings. The van der Waals surface area contributed by atoms with Crippen LogP contribution >= 0.6 is 0 Å². The molecule has 1 aliphatic carbocycles. The SMILES string of the molecule is CCCc1ccc(C2CCC(/C=C/CCc3ccc(C4CO4)c(F)c3F)CC2)cc1. The van der Waals surface area contributed by atoms with Crippen molar-refractivity contribution >= 4 is 0 Å². The Morgan fingerprint density at radius 1 is 0.933 bits per heavy atom. The summed E-state index contributed by atoms with van der Waals surface area (Å²) >= 11 is 0. The van der Waals surface area contributed by atoms with Crippen LogP contribution in [-0.4, -0.2) is 6.61 Å². The maximum absolute atomic E-state index is 14.2. The summed E-state index contributed by atoms with van der Waals surface area (Å²) in [6.07, 6.45) is 12.7. The van der Waals surface area contributed by atoms with Crippen LogP contribution in [0.25, 0.3) is 0 Å². The molecule has 1 nitrogen and oxygen atoms in total.